The Hall–Kier alpha value is -1.98. The summed E-state index contributed by atoms with van der Waals surface area (Å²) in [5, 5.41) is 17.4. The van der Waals surface area contributed by atoms with E-state index in [0.717, 1.165) is 0 Å². The van der Waals surface area contributed by atoms with E-state index in [0.29, 0.717) is 11.9 Å². The topological polar surface area (TPSA) is 104 Å². The second kappa shape index (κ2) is 4.50. The van der Waals surface area contributed by atoms with Crippen LogP contribution in [-0.4, -0.2) is 40.2 Å². The second-order valence-corrected chi connectivity index (χ2v) is 3.05. The standard InChI is InChI=1S/C9H9NO5/c11-2-1-5-3-6(8(12)13)10-7(4-5)9(14)15/h2-3,7H,1,4H2,(H,12,13)(H,14,15)/t7-/m0/s1. The summed E-state index contributed by atoms with van der Waals surface area (Å²) in [6.45, 7) is 0. The van der Waals surface area contributed by atoms with Crippen LogP contribution in [0.2, 0.25) is 0 Å². The predicted octanol–water partition coefficient (Wildman–Crippen LogP) is -0.116. The fourth-order valence-electron chi connectivity index (χ4n) is 1.26. The number of carboxylic acids is 2. The van der Waals surface area contributed by atoms with Crippen molar-refractivity contribution in [2.24, 2.45) is 4.99 Å². The number of aldehydes is 1. The Balaban J connectivity index is 2.96. The lowest BCUT2D eigenvalue weighted by atomic mass is 9.99. The van der Waals surface area contributed by atoms with Crippen molar-refractivity contribution in [2.45, 2.75) is 18.9 Å². The molecular weight excluding hydrogens is 202 g/mol. The molecule has 0 spiro atoms. The van der Waals surface area contributed by atoms with Gasteiger partial charge in [-0.1, -0.05) is 5.57 Å². The molecule has 0 radical (unpaired) electrons. The first-order chi connectivity index (χ1) is 7.04. The zero-order valence-corrected chi connectivity index (χ0v) is 7.71. The number of dihydropyridines is 1. The molecule has 0 fully saturated rings. The largest absolute Gasteiger partial charge is 0.480 e. The van der Waals surface area contributed by atoms with Crippen LogP contribution in [0.3, 0.4) is 0 Å². The number of nitrogens with zero attached hydrogens (tertiary/aromatic N) is 1. The Kier molecular flexibility index (Phi) is 3.33. The van der Waals surface area contributed by atoms with Crippen molar-refractivity contribution in [2.75, 3.05) is 0 Å². The van der Waals surface area contributed by atoms with Crippen molar-refractivity contribution in [3.8, 4) is 0 Å². The Morgan fingerprint density at radius 1 is 1.53 bits per heavy atom. The molecule has 6 heteroatoms. The maximum atomic E-state index is 10.7. The molecule has 1 atom stereocenters. The number of hydrogen-bond acceptors (Lipinski definition) is 4. The highest BCUT2D eigenvalue weighted by molar-refractivity contribution is 6.41. The molecule has 6 nitrogen and oxygen atoms in total. The molecule has 1 aliphatic rings. The molecule has 0 aliphatic carbocycles. The van der Waals surface area contributed by atoms with Crippen LogP contribution in [0.25, 0.3) is 0 Å². The third-order valence-corrected chi connectivity index (χ3v) is 1.94. The molecule has 0 aromatic carbocycles. The van der Waals surface area contributed by atoms with E-state index >= 15 is 0 Å². The van der Waals surface area contributed by atoms with Gasteiger partial charge in [-0.15, -0.1) is 0 Å². The molecule has 0 saturated carbocycles. The average molecular weight is 211 g/mol. The van der Waals surface area contributed by atoms with Crippen LogP contribution in [0.4, 0.5) is 0 Å². The van der Waals surface area contributed by atoms with Gasteiger partial charge in [-0.05, 0) is 6.08 Å². The van der Waals surface area contributed by atoms with Crippen molar-refractivity contribution in [1.82, 2.24) is 0 Å². The first kappa shape index (κ1) is 11.1. The van der Waals surface area contributed by atoms with Crippen molar-refractivity contribution in [3.63, 3.8) is 0 Å². The summed E-state index contributed by atoms with van der Waals surface area (Å²) in [5.74, 6) is -2.48. The molecule has 0 unspecified atom stereocenters. The number of hydrogen-bond donors (Lipinski definition) is 2. The highest BCUT2D eigenvalue weighted by Gasteiger charge is 2.24. The number of aliphatic imine (C=N–C) groups is 1. The monoisotopic (exact) mass is 211 g/mol. The van der Waals surface area contributed by atoms with E-state index in [1.807, 2.05) is 0 Å². The predicted molar refractivity (Wildman–Crippen MR) is 49.9 cm³/mol. The van der Waals surface area contributed by atoms with E-state index in [9.17, 15) is 14.4 Å². The number of carbonyl (C=O) groups excluding carboxylic acids is 1. The van der Waals surface area contributed by atoms with Crippen LogP contribution < -0.4 is 0 Å². The lowest BCUT2D eigenvalue weighted by Gasteiger charge is -2.15. The van der Waals surface area contributed by atoms with Crippen LogP contribution in [0.15, 0.2) is 16.6 Å². The summed E-state index contributed by atoms with van der Waals surface area (Å²) in [6, 6.07) is -1.10. The van der Waals surface area contributed by atoms with E-state index in [4.69, 9.17) is 10.2 Å². The molecule has 1 rings (SSSR count). The minimum absolute atomic E-state index is 0.0378. The van der Waals surface area contributed by atoms with Gasteiger partial charge < -0.3 is 15.0 Å². The van der Waals surface area contributed by atoms with E-state index < -0.39 is 18.0 Å². The summed E-state index contributed by atoms with van der Waals surface area (Å²) in [4.78, 5) is 35.1. The van der Waals surface area contributed by atoms with Gasteiger partial charge in [0, 0.05) is 12.8 Å². The maximum Gasteiger partial charge on any atom is 0.354 e. The summed E-state index contributed by atoms with van der Waals surface area (Å²) < 4.78 is 0. The van der Waals surface area contributed by atoms with Crippen LogP contribution in [0, 0.1) is 0 Å². The van der Waals surface area contributed by atoms with Crippen LogP contribution in [0.5, 0.6) is 0 Å². The summed E-state index contributed by atoms with van der Waals surface area (Å²) in [6.07, 6.45) is 1.98. The fraction of sp³-hybridized carbons (Fsp3) is 0.333. The molecule has 15 heavy (non-hydrogen) atoms. The Morgan fingerprint density at radius 3 is 2.67 bits per heavy atom. The van der Waals surface area contributed by atoms with E-state index in [1.54, 1.807) is 0 Å². The van der Waals surface area contributed by atoms with Gasteiger partial charge in [-0.3, -0.25) is 4.99 Å². The summed E-state index contributed by atoms with van der Waals surface area (Å²) >= 11 is 0. The van der Waals surface area contributed by atoms with Crippen molar-refractivity contribution in [3.05, 3.63) is 11.6 Å². The molecule has 0 bridgehead atoms. The van der Waals surface area contributed by atoms with Crippen molar-refractivity contribution in [1.29, 1.82) is 0 Å². The van der Waals surface area contributed by atoms with E-state index in [-0.39, 0.29) is 18.6 Å². The second-order valence-electron chi connectivity index (χ2n) is 3.05. The SMILES string of the molecule is O=CCC1=CC(C(=O)O)=N[C@H](C(=O)O)C1. The maximum absolute atomic E-state index is 10.7. The van der Waals surface area contributed by atoms with Crippen LogP contribution in [0.1, 0.15) is 12.8 Å². The Morgan fingerprint density at radius 2 is 2.20 bits per heavy atom. The van der Waals surface area contributed by atoms with Crippen molar-refractivity contribution < 1.29 is 24.6 Å². The highest BCUT2D eigenvalue weighted by atomic mass is 16.4. The first-order valence-electron chi connectivity index (χ1n) is 4.21. The van der Waals surface area contributed by atoms with Gasteiger partial charge in [0.05, 0.1) is 0 Å². The lowest BCUT2D eigenvalue weighted by molar-refractivity contribution is -0.138. The van der Waals surface area contributed by atoms with Crippen molar-refractivity contribution >= 4 is 23.9 Å². The zero-order valence-electron chi connectivity index (χ0n) is 7.71. The molecule has 0 amide bonds. The molecule has 0 saturated heterocycles. The number of carboxylic acid groups (broad SMARTS) is 2. The number of carbonyl (C=O) groups is 3. The van der Waals surface area contributed by atoms with Gasteiger partial charge in [-0.25, -0.2) is 9.59 Å². The van der Waals surface area contributed by atoms with E-state index in [1.165, 1.54) is 6.08 Å². The van der Waals surface area contributed by atoms with Gasteiger partial charge in [0.1, 0.15) is 12.0 Å². The molecule has 0 aromatic rings. The summed E-state index contributed by atoms with van der Waals surface area (Å²) in [5.41, 5.74) is 0.162. The normalized spacial score (nSPS) is 20.1. The molecule has 2 N–H and O–H groups in total. The molecule has 1 aliphatic heterocycles. The average Bonchev–Trinajstić information content (AvgIpc) is 2.17. The van der Waals surface area contributed by atoms with Gasteiger partial charge in [-0.2, -0.15) is 0 Å². The first-order valence-corrected chi connectivity index (χ1v) is 4.21. The van der Waals surface area contributed by atoms with Gasteiger partial charge >= 0.3 is 11.9 Å². The van der Waals surface area contributed by atoms with Crippen LogP contribution >= 0.6 is 0 Å². The van der Waals surface area contributed by atoms with Gasteiger partial charge in [0.25, 0.3) is 0 Å². The molecule has 1 heterocycles. The van der Waals surface area contributed by atoms with Crippen LogP contribution in [-0.2, 0) is 14.4 Å². The molecule has 0 aromatic heterocycles. The quantitative estimate of drug-likeness (QED) is 0.631. The number of aliphatic carboxylic acids is 2. The smallest absolute Gasteiger partial charge is 0.354 e. The third kappa shape index (κ3) is 2.73. The third-order valence-electron chi connectivity index (χ3n) is 1.94. The molecular formula is C9H9NO5. The molecule has 80 valence electrons. The zero-order chi connectivity index (χ0) is 11.4. The Bertz CT molecular complexity index is 369. The summed E-state index contributed by atoms with van der Waals surface area (Å²) in [7, 11) is 0. The van der Waals surface area contributed by atoms with Gasteiger partial charge in [0.15, 0.2) is 6.04 Å². The Labute approximate surface area is 84.9 Å². The fourth-order valence-corrected chi connectivity index (χ4v) is 1.26. The highest BCUT2D eigenvalue weighted by Crippen LogP contribution is 2.17. The number of rotatable bonds is 4. The van der Waals surface area contributed by atoms with Gasteiger partial charge in [0.2, 0.25) is 0 Å². The lowest BCUT2D eigenvalue weighted by Crippen LogP contribution is -2.26. The minimum atomic E-state index is -1.29. The minimum Gasteiger partial charge on any atom is -0.480 e. The van der Waals surface area contributed by atoms with E-state index in [2.05, 4.69) is 4.99 Å².